The van der Waals surface area contributed by atoms with E-state index in [1.807, 2.05) is 6.07 Å². The normalized spacial score (nSPS) is 19.5. The van der Waals surface area contributed by atoms with Gasteiger partial charge in [0.2, 0.25) is 0 Å². The number of aromatic nitrogens is 2. The lowest BCUT2D eigenvalue weighted by molar-refractivity contribution is 0.0741. The van der Waals surface area contributed by atoms with Crippen molar-refractivity contribution in [1.29, 1.82) is 0 Å². The van der Waals surface area contributed by atoms with Crippen LogP contribution >= 0.6 is 0 Å². The number of benzene rings is 1. The molecule has 1 aromatic carbocycles. The monoisotopic (exact) mass is 509 g/mol. The first-order valence-electron chi connectivity index (χ1n) is 15.1. The molecule has 0 aliphatic carbocycles. The van der Waals surface area contributed by atoms with Gasteiger partial charge in [0.1, 0.15) is 5.82 Å². The molecular weight excluding hydrogens is 458 g/mol. The van der Waals surface area contributed by atoms with Crippen molar-refractivity contribution in [1.82, 2.24) is 24.7 Å². The second-order valence-electron chi connectivity index (χ2n) is 12.4. The van der Waals surface area contributed by atoms with E-state index in [4.69, 9.17) is 4.98 Å². The molecule has 206 valence electrons. The third kappa shape index (κ3) is 7.35. The molecule has 0 spiro atoms. The number of amides is 1. The van der Waals surface area contributed by atoms with Gasteiger partial charge in [-0.05, 0) is 102 Å². The predicted molar refractivity (Wildman–Crippen MR) is 154 cm³/mol. The van der Waals surface area contributed by atoms with E-state index in [9.17, 15) is 4.79 Å². The van der Waals surface area contributed by atoms with Crippen molar-refractivity contribution in [3.8, 4) is 0 Å². The molecule has 3 heterocycles. The lowest BCUT2D eigenvalue weighted by Gasteiger charge is -2.25. The molecule has 2 aliphatic rings. The number of hydrogen-bond acceptors (Lipinski definition) is 4. The van der Waals surface area contributed by atoms with E-state index in [1.54, 1.807) is 0 Å². The molecule has 6 nitrogen and oxygen atoms in total. The highest BCUT2D eigenvalue weighted by Crippen LogP contribution is 2.30. The molecular formula is C31H51N5O. The highest BCUT2D eigenvalue weighted by molar-refractivity contribution is 5.97. The number of nitrogens with one attached hydrogen (secondary N) is 1. The van der Waals surface area contributed by atoms with Crippen LogP contribution in [0.4, 0.5) is 0 Å². The van der Waals surface area contributed by atoms with E-state index in [0.29, 0.717) is 23.8 Å². The fourth-order valence-corrected chi connectivity index (χ4v) is 5.98. The van der Waals surface area contributed by atoms with E-state index >= 15 is 0 Å². The summed E-state index contributed by atoms with van der Waals surface area (Å²) in [6.07, 6.45) is 8.13. The van der Waals surface area contributed by atoms with E-state index in [-0.39, 0.29) is 5.91 Å². The molecule has 2 saturated heterocycles. The Balaban J connectivity index is 1.59. The highest BCUT2D eigenvalue weighted by atomic mass is 16.2. The second-order valence-corrected chi connectivity index (χ2v) is 12.4. The lowest BCUT2D eigenvalue weighted by Crippen LogP contribution is -2.34. The average molecular weight is 510 g/mol. The minimum atomic E-state index is 0.172. The van der Waals surface area contributed by atoms with Gasteiger partial charge < -0.3 is 19.7 Å². The summed E-state index contributed by atoms with van der Waals surface area (Å²) in [4.78, 5) is 23.6. The minimum Gasteiger partial charge on any atom is -0.339 e. The summed E-state index contributed by atoms with van der Waals surface area (Å²) in [7, 11) is 0. The van der Waals surface area contributed by atoms with Crippen LogP contribution < -0.4 is 5.32 Å². The summed E-state index contributed by atoms with van der Waals surface area (Å²) in [5.74, 6) is 3.07. The van der Waals surface area contributed by atoms with Crippen LogP contribution in [0, 0.1) is 11.8 Å². The van der Waals surface area contributed by atoms with Gasteiger partial charge in [-0.25, -0.2) is 4.98 Å². The Bertz CT molecular complexity index is 994. The number of piperidine rings is 1. The molecule has 1 unspecified atom stereocenters. The van der Waals surface area contributed by atoms with Crippen LogP contribution in [0.3, 0.4) is 0 Å². The number of imidazole rings is 1. The predicted octanol–water partition coefficient (Wildman–Crippen LogP) is 5.91. The number of likely N-dealkylation sites (tertiary alicyclic amines) is 1. The summed E-state index contributed by atoms with van der Waals surface area (Å²) >= 11 is 0. The van der Waals surface area contributed by atoms with Gasteiger partial charge in [0.05, 0.1) is 11.0 Å². The third-order valence-electron chi connectivity index (χ3n) is 8.49. The first-order chi connectivity index (χ1) is 17.8. The van der Waals surface area contributed by atoms with E-state index in [0.717, 1.165) is 88.0 Å². The molecule has 2 fully saturated rings. The van der Waals surface area contributed by atoms with Gasteiger partial charge >= 0.3 is 0 Å². The standard InChI is InChI=1S/C31H51N5O/c1-23(2)13-20-35(21-14-24(3)4)31(37)27-9-10-28-29(22-27)36(19-7-18-34-17-6-8-25(34)5)30(33-28)26-11-15-32-16-12-26/h9-10,22-26,32H,6-8,11-21H2,1-5H3. The summed E-state index contributed by atoms with van der Waals surface area (Å²) in [5, 5.41) is 3.51. The Kier molecular flexibility index (Phi) is 10.1. The van der Waals surface area contributed by atoms with E-state index < -0.39 is 0 Å². The van der Waals surface area contributed by atoms with Crippen molar-refractivity contribution < 1.29 is 4.79 Å². The van der Waals surface area contributed by atoms with Gasteiger partial charge in [0, 0.05) is 43.7 Å². The van der Waals surface area contributed by atoms with Crippen molar-refractivity contribution >= 4 is 16.9 Å². The zero-order valence-corrected chi connectivity index (χ0v) is 24.1. The number of nitrogens with zero attached hydrogens (tertiary/aromatic N) is 4. The Morgan fingerprint density at radius 1 is 1.05 bits per heavy atom. The second kappa shape index (κ2) is 13.2. The van der Waals surface area contributed by atoms with Crippen molar-refractivity contribution in [2.24, 2.45) is 11.8 Å². The molecule has 2 aliphatic heterocycles. The van der Waals surface area contributed by atoms with Crippen LogP contribution in [0.2, 0.25) is 0 Å². The van der Waals surface area contributed by atoms with Gasteiger partial charge in [0.15, 0.2) is 0 Å². The number of carbonyl (C=O) groups is 1. The molecule has 1 atom stereocenters. The maximum Gasteiger partial charge on any atom is 0.253 e. The zero-order chi connectivity index (χ0) is 26.4. The first-order valence-corrected chi connectivity index (χ1v) is 15.1. The number of rotatable bonds is 12. The number of carbonyl (C=O) groups excluding carboxylic acids is 1. The SMILES string of the molecule is CC(C)CCN(CCC(C)C)C(=O)c1ccc2nc(C3CCNCC3)n(CCCN3CCCC3C)c2c1. The molecule has 1 amide bonds. The van der Waals surface area contributed by atoms with E-state index in [1.165, 1.54) is 25.2 Å². The van der Waals surface area contributed by atoms with Crippen LogP contribution in [-0.2, 0) is 6.54 Å². The summed E-state index contributed by atoms with van der Waals surface area (Å²) in [6.45, 7) is 18.4. The summed E-state index contributed by atoms with van der Waals surface area (Å²) in [5.41, 5.74) is 2.99. The molecule has 2 aromatic rings. The van der Waals surface area contributed by atoms with Crippen LogP contribution in [0.25, 0.3) is 11.0 Å². The third-order valence-corrected chi connectivity index (χ3v) is 8.49. The molecule has 37 heavy (non-hydrogen) atoms. The van der Waals surface area contributed by atoms with Crippen molar-refractivity contribution in [3.63, 3.8) is 0 Å². The van der Waals surface area contributed by atoms with Crippen molar-refractivity contribution in [2.75, 3.05) is 39.3 Å². The van der Waals surface area contributed by atoms with Crippen LogP contribution in [0.1, 0.15) is 102 Å². The zero-order valence-electron chi connectivity index (χ0n) is 24.1. The Morgan fingerprint density at radius 3 is 2.38 bits per heavy atom. The first kappa shape index (κ1) is 28.1. The maximum absolute atomic E-state index is 13.7. The average Bonchev–Trinajstić information content (AvgIpc) is 3.46. The lowest BCUT2D eigenvalue weighted by atomic mass is 9.97. The molecule has 1 aromatic heterocycles. The molecule has 4 rings (SSSR count). The van der Waals surface area contributed by atoms with Gasteiger partial charge in [-0.1, -0.05) is 27.7 Å². The molecule has 6 heteroatoms. The van der Waals surface area contributed by atoms with Crippen LogP contribution in [0.5, 0.6) is 0 Å². The number of aryl methyl sites for hydroxylation is 1. The van der Waals surface area contributed by atoms with Crippen molar-refractivity contribution in [2.45, 2.75) is 98.1 Å². The van der Waals surface area contributed by atoms with Crippen LogP contribution in [-0.4, -0.2) is 70.6 Å². The summed E-state index contributed by atoms with van der Waals surface area (Å²) < 4.78 is 2.47. The molecule has 0 bridgehead atoms. The Hall–Kier alpha value is -1.92. The Morgan fingerprint density at radius 2 is 1.76 bits per heavy atom. The Labute approximate surface area is 225 Å². The van der Waals surface area contributed by atoms with E-state index in [2.05, 4.69) is 66.4 Å². The minimum absolute atomic E-state index is 0.172. The fraction of sp³-hybridized carbons (Fsp3) is 0.742. The molecule has 0 saturated carbocycles. The quantitative estimate of drug-likeness (QED) is 0.386. The van der Waals surface area contributed by atoms with Gasteiger partial charge in [-0.2, -0.15) is 0 Å². The van der Waals surface area contributed by atoms with Crippen LogP contribution in [0.15, 0.2) is 18.2 Å². The number of fused-ring (bicyclic) bond motifs is 1. The van der Waals surface area contributed by atoms with Gasteiger partial charge in [-0.15, -0.1) is 0 Å². The van der Waals surface area contributed by atoms with Gasteiger partial charge in [0.25, 0.3) is 5.91 Å². The topological polar surface area (TPSA) is 53.4 Å². The van der Waals surface area contributed by atoms with Crippen molar-refractivity contribution in [3.05, 3.63) is 29.6 Å². The highest BCUT2D eigenvalue weighted by Gasteiger charge is 2.25. The molecule has 1 N–H and O–H groups in total. The molecule has 0 radical (unpaired) electrons. The smallest absolute Gasteiger partial charge is 0.253 e. The summed E-state index contributed by atoms with van der Waals surface area (Å²) in [6, 6.07) is 6.95. The van der Waals surface area contributed by atoms with Gasteiger partial charge in [-0.3, -0.25) is 4.79 Å². The maximum atomic E-state index is 13.7. The number of hydrogen-bond donors (Lipinski definition) is 1. The largest absolute Gasteiger partial charge is 0.339 e. The fourth-order valence-electron chi connectivity index (χ4n) is 5.98.